The van der Waals surface area contributed by atoms with E-state index in [0.29, 0.717) is 49.5 Å². The Balaban J connectivity index is 0.00000289. The molecule has 35 heavy (non-hydrogen) atoms. The summed E-state index contributed by atoms with van der Waals surface area (Å²) in [6.45, 7) is 3.56. The molecular formula is C23H26ClN5O5S. The highest BCUT2D eigenvalue weighted by Crippen LogP contribution is 2.31. The summed E-state index contributed by atoms with van der Waals surface area (Å²) >= 11 is 0. The number of Topliss-reactive ketones (excluding diaryl/α,β-unsaturated/α-hetero) is 1. The van der Waals surface area contributed by atoms with Gasteiger partial charge in [0.15, 0.2) is 5.78 Å². The Bertz CT molecular complexity index is 1390. The van der Waals surface area contributed by atoms with E-state index in [2.05, 4.69) is 20.4 Å². The third-order valence-electron chi connectivity index (χ3n) is 6.47. The molecule has 0 unspecified atom stereocenters. The monoisotopic (exact) mass is 519 g/mol. The predicted molar refractivity (Wildman–Crippen MR) is 130 cm³/mol. The maximum absolute atomic E-state index is 13.0. The Morgan fingerprint density at radius 2 is 1.89 bits per heavy atom. The van der Waals surface area contributed by atoms with Crippen LogP contribution in [0.4, 0.5) is 0 Å². The summed E-state index contributed by atoms with van der Waals surface area (Å²) in [5, 5.41) is 7.30. The quantitative estimate of drug-likeness (QED) is 0.489. The minimum Gasteiger partial charge on any atom is -0.339 e. The number of piperidine rings is 1. The molecule has 2 N–H and O–H groups in total. The van der Waals surface area contributed by atoms with Gasteiger partial charge in [0.1, 0.15) is 0 Å². The van der Waals surface area contributed by atoms with Crippen molar-refractivity contribution in [1.82, 2.24) is 24.7 Å². The van der Waals surface area contributed by atoms with Crippen LogP contribution in [-0.2, 0) is 23.0 Å². The fourth-order valence-electron chi connectivity index (χ4n) is 4.46. The minimum atomic E-state index is -3.66. The normalized spacial score (nSPS) is 16.9. The summed E-state index contributed by atoms with van der Waals surface area (Å²) in [7, 11) is -3.66. The van der Waals surface area contributed by atoms with Crippen LogP contribution in [0.15, 0.2) is 44.5 Å². The van der Waals surface area contributed by atoms with Gasteiger partial charge in [0, 0.05) is 49.8 Å². The topological polar surface area (TPSA) is 138 Å². The predicted octanol–water partition coefficient (Wildman–Crippen LogP) is 2.26. The number of carbonyl (C=O) groups excluding carboxylic acids is 1. The third-order valence-corrected chi connectivity index (χ3v) is 8.38. The molecule has 12 heteroatoms. The molecular weight excluding hydrogens is 494 g/mol. The molecule has 0 atom stereocenters. The van der Waals surface area contributed by atoms with E-state index in [0.717, 1.165) is 24.2 Å². The van der Waals surface area contributed by atoms with Gasteiger partial charge >= 0.3 is 0 Å². The molecule has 0 spiro atoms. The van der Waals surface area contributed by atoms with Crippen LogP contribution in [-0.4, -0.2) is 53.3 Å². The van der Waals surface area contributed by atoms with E-state index >= 15 is 0 Å². The molecule has 2 aromatic heterocycles. The largest absolute Gasteiger partial charge is 0.339 e. The van der Waals surface area contributed by atoms with Crippen LogP contribution in [0, 0.1) is 0 Å². The smallest absolute Gasteiger partial charge is 0.259 e. The first-order valence-corrected chi connectivity index (χ1v) is 12.7. The van der Waals surface area contributed by atoms with Crippen LogP contribution in [0.3, 0.4) is 0 Å². The Kier molecular flexibility index (Phi) is 7.22. The first-order valence-electron chi connectivity index (χ1n) is 11.2. The average Bonchev–Trinajstić information content (AvgIpc) is 3.34. The fraction of sp³-hybridized carbons (Fsp3) is 0.391. The van der Waals surface area contributed by atoms with E-state index in [1.807, 2.05) is 6.07 Å². The fourth-order valence-corrected chi connectivity index (χ4v) is 5.93. The number of ketones is 1. The zero-order valence-electron chi connectivity index (χ0n) is 19.1. The molecule has 10 nitrogen and oxygen atoms in total. The van der Waals surface area contributed by atoms with Crippen LogP contribution in [0.25, 0.3) is 11.4 Å². The molecule has 186 valence electrons. The number of H-pyrrole nitrogens is 1. The van der Waals surface area contributed by atoms with Gasteiger partial charge in [-0.2, -0.15) is 9.29 Å². The number of nitrogens with zero attached hydrogens (tertiary/aromatic N) is 3. The van der Waals surface area contributed by atoms with Gasteiger partial charge in [-0.15, -0.1) is 12.4 Å². The second kappa shape index (κ2) is 10.0. The highest BCUT2D eigenvalue weighted by molar-refractivity contribution is 7.89. The van der Waals surface area contributed by atoms with Crippen LogP contribution in [0.2, 0.25) is 0 Å². The molecule has 2 aliphatic rings. The van der Waals surface area contributed by atoms with Gasteiger partial charge in [-0.1, -0.05) is 17.3 Å². The molecule has 4 heterocycles. The van der Waals surface area contributed by atoms with E-state index in [1.165, 1.54) is 35.5 Å². The van der Waals surface area contributed by atoms with Gasteiger partial charge in [-0.25, -0.2) is 8.42 Å². The van der Waals surface area contributed by atoms with Crippen molar-refractivity contribution >= 4 is 28.2 Å². The average molecular weight is 520 g/mol. The van der Waals surface area contributed by atoms with E-state index in [9.17, 15) is 18.0 Å². The van der Waals surface area contributed by atoms with E-state index < -0.39 is 10.0 Å². The number of pyridine rings is 1. The molecule has 0 bridgehead atoms. The summed E-state index contributed by atoms with van der Waals surface area (Å²) in [5.74, 6) is 0.447. The Labute approximate surface area is 208 Å². The van der Waals surface area contributed by atoms with Crippen LogP contribution in [0.5, 0.6) is 0 Å². The maximum Gasteiger partial charge on any atom is 0.259 e. The van der Waals surface area contributed by atoms with Crippen molar-refractivity contribution in [3.63, 3.8) is 0 Å². The Morgan fingerprint density at radius 1 is 1.17 bits per heavy atom. The molecule has 0 amide bonds. The SMILES string of the molecule is CC(=O)c1ccc(S(=O)(=O)N2CCC(c3nc(-c4cc5c([nH]c4=O)CCNC5)no3)CC2)cc1.Cl. The molecule has 0 aliphatic carbocycles. The van der Waals surface area contributed by atoms with Gasteiger partial charge in [0.05, 0.1) is 10.5 Å². The van der Waals surface area contributed by atoms with Gasteiger partial charge < -0.3 is 14.8 Å². The Morgan fingerprint density at radius 3 is 2.57 bits per heavy atom. The van der Waals surface area contributed by atoms with Crippen LogP contribution < -0.4 is 10.9 Å². The maximum atomic E-state index is 13.0. The lowest BCUT2D eigenvalue weighted by Gasteiger charge is -2.29. The lowest BCUT2D eigenvalue weighted by molar-refractivity contribution is 0.101. The number of halogens is 1. The number of hydrogen-bond donors (Lipinski definition) is 2. The Hall–Kier alpha value is -2.86. The number of carbonyl (C=O) groups is 1. The highest BCUT2D eigenvalue weighted by atomic mass is 35.5. The standard InChI is InChI=1S/C23H25N5O5S.ClH/c1-14(29)15-2-4-18(5-3-15)34(31,32)28-10-7-16(8-11-28)23-26-21(27-33-23)19-12-17-13-24-9-6-20(17)25-22(19)30;/h2-5,12,16,24H,6-11,13H2,1H3,(H,25,30);1H. The van der Waals surface area contributed by atoms with Crippen molar-refractivity contribution < 1.29 is 17.7 Å². The van der Waals surface area contributed by atoms with E-state index in [1.54, 1.807) is 0 Å². The zero-order chi connectivity index (χ0) is 23.9. The number of sulfonamides is 1. The van der Waals surface area contributed by atoms with Gasteiger partial charge in [-0.05, 0) is 43.5 Å². The summed E-state index contributed by atoms with van der Waals surface area (Å²) < 4.78 is 32.9. The number of nitrogens with one attached hydrogen (secondary N) is 2. The number of rotatable bonds is 5. The molecule has 0 radical (unpaired) electrons. The van der Waals surface area contributed by atoms with Gasteiger partial charge in [0.25, 0.3) is 5.56 Å². The van der Waals surface area contributed by atoms with E-state index in [4.69, 9.17) is 4.52 Å². The van der Waals surface area contributed by atoms with Crippen molar-refractivity contribution in [2.45, 2.75) is 43.5 Å². The first kappa shape index (κ1) is 25.2. The molecule has 2 aliphatic heterocycles. The van der Waals surface area contributed by atoms with Crippen molar-refractivity contribution in [2.75, 3.05) is 19.6 Å². The van der Waals surface area contributed by atoms with Gasteiger partial charge in [0.2, 0.25) is 21.7 Å². The van der Waals surface area contributed by atoms with Crippen LogP contribution >= 0.6 is 12.4 Å². The van der Waals surface area contributed by atoms with Gasteiger partial charge in [-0.3, -0.25) is 9.59 Å². The lowest BCUT2D eigenvalue weighted by Crippen LogP contribution is -2.38. The number of hydrogen-bond acceptors (Lipinski definition) is 8. The molecule has 3 aromatic rings. The molecule has 1 fully saturated rings. The number of fused-ring (bicyclic) bond motifs is 1. The third kappa shape index (κ3) is 4.94. The van der Waals surface area contributed by atoms with Crippen molar-refractivity contribution in [3.05, 3.63) is 63.4 Å². The molecule has 0 saturated carbocycles. The lowest BCUT2D eigenvalue weighted by atomic mass is 9.98. The molecule has 1 aromatic carbocycles. The van der Waals surface area contributed by atoms with Crippen molar-refractivity contribution in [2.24, 2.45) is 0 Å². The summed E-state index contributed by atoms with van der Waals surface area (Å²) in [5.41, 5.74) is 2.54. The second-order valence-electron chi connectivity index (χ2n) is 8.66. The number of aromatic nitrogens is 3. The summed E-state index contributed by atoms with van der Waals surface area (Å²) in [6.07, 6.45) is 1.82. The summed E-state index contributed by atoms with van der Waals surface area (Å²) in [4.78, 5) is 31.5. The van der Waals surface area contributed by atoms with E-state index in [-0.39, 0.29) is 40.4 Å². The minimum absolute atomic E-state index is 0. The van der Waals surface area contributed by atoms with Crippen molar-refractivity contribution in [3.8, 4) is 11.4 Å². The number of aromatic amines is 1. The summed E-state index contributed by atoms with van der Waals surface area (Å²) in [6, 6.07) is 7.80. The van der Waals surface area contributed by atoms with Crippen LogP contribution in [0.1, 0.15) is 53.2 Å². The molecule has 1 saturated heterocycles. The molecule has 5 rings (SSSR count). The second-order valence-corrected chi connectivity index (χ2v) is 10.6. The van der Waals surface area contributed by atoms with Crippen molar-refractivity contribution in [1.29, 1.82) is 0 Å². The zero-order valence-corrected chi connectivity index (χ0v) is 20.7. The highest BCUT2D eigenvalue weighted by Gasteiger charge is 2.32. The first-order chi connectivity index (χ1) is 16.3. The number of benzene rings is 1.